The highest BCUT2D eigenvalue weighted by Gasteiger charge is 2.48. The van der Waals surface area contributed by atoms with E-state index in [1.807, 2.05) is 4.90 Å². The zero-order valence-electron chi connectivity index (χ0n) is 22.8. The Morgan fingerprint density at radius 3 is 2.79 bits per heavy atom. The molecular formula is C29H27F3N7O4+. The first kappa shape index (κ1) is 28.4. The number of fused-ring (bicyclic) bond motifs is 2. The van der Waals surface area contributed by atoms with E-state index in [0.29, 0.717) is 30.4 Å². The van der Waals surface area contributed by atoms with E-state index in [1.165, 1.54) is 24.4 Å². The summed E-state index contributed by atoms with van der Waals surface area (Å²) in [6.07, 6.45) is 3.78. The molecule has 3 N–H and O–H groups in total. The Morgan fingerprint density at radius 2 is 1.98 bits per heavy atom. The van der Waals surface area contributed by atoms with Gasteiger partial charge >= 0.3 is 12.1 Å². The fraction of sp³-hybridized carbons (Fsp3) is 0.310. The number of amides is 2. The minimum absolute atomic E-state index is 0.0744. The minimum Gasteiger partial charge on any atom is -0.425 e. The number of halogens is 3. The largest absolute Gasteiger partial charge is 0.425 e. The Morgan fingerprint density at radius 1 is 1.16 bits per heavy atom. The zero-order chi connectivity index (χ0) is 30.4. The molecule has 0 spiro atoms. The van der Waals surface area contributed by atoms with Gasteiger partial charge in [0, 0.05) is 31.1 Å². The van der Waals surface area contributed by atoms with Gasteiger partial charge in [0.2, 0.25) is 17.4 Å². The second-order valence-electron chi connectivity index (χ2n) is 10.7. The highest BCUT2D eigenvalue weighted by atomic mass is 19.4. The van der Waals surface area contributed by atoms with Crippen LogP contribution in [-0.2, 0) is 15.8 Å². The Bertz CT molecular complexity index is 1630. The Hall–Kier alpha value is -4.69. The maximum absolute atomic E-state index is 13.2. The number of benzene rings is 1. The summed E-state index contributed by atoms with van der Waals surface area (Å²) in [6, 6.07) is 7.56. The van der Waals surface area contributed by atoms with Crippen molar-refractivity contribution in [2.45, 2.75) is 44.3 Å². The molecule has 1 aromatic heterocycles. The number of hydrogen-bond acceptors (Lipinski definition) is 8. The van der Waals surface area contributed by atoms with E-state index in [0.717, 1.165) is 31.5 Å². The number of piperidine rings is 1. The van der Waals surface area contributed by atoms with Crippen molar-refractivity contribution in [2.75, 3.05) is 11.9 Å². The number of nitrogens with one attached hydrogen (secondary N) is 1. The molecule has 2 fully saturated rings. The summed E-state index contributed by atoms with van der Waals surface area (Å²) < 4.78 is 44.4. The summed E-state index contributed by atoms with van der Waals surface area (Å²) in [5.74, 6) is 5.07. The van der Waals surface area contributed by atoms with Gasteiger partial charge in [-0.15, -0.1) is 4.59 Å². The van der Waals surface area contributed by atoms with Crippen molar-refractivity contribution in [3.63, 3.8) is 0 Å². The number of aromatic nitrogens is 1. The van der Waals surface area contributed by atoms with E-state index < -0.39 is 23.6 Å². The number of nitrogens with two attached hydrogens (primary N) is 1. The molecule has 4 aliphatic heterocycles. The molecule has 2 saturated heterocycles. The van der Waals surface area contributed by atoms with Crippen LogP contribution in [0.5, 0.6) is 5.75 Å². The van der Waals surface area contributed by atoms with Crippen molar-refractivity contribution in [3.8, 4) is 5.75 Å². The molecule has 2 amide bonds. The maximum atomic E-state index is 13.2. The fourth-order valence-electron chi connectivity index (χ4n) is 5.84. The molecule has 0 radical (unpaired) electrons. The van der Waals surface area contributed by atoms with Crippen molar-refractivity contribution in [1.29, 1.82) is 0 Å². The van der Waals surface area contributed by atoms with E-state index in [9.17, 15) is 27.6 Å². The lowest BCUT2D eigenvalue weighted by atomic mass is 9.90. The first-order valence-electron chi connectivity index (χ1n) is 13.7. The predicted octanol–water partition coefficient (Wildman–Crippen LogP) is 3.92. The number of carbonyl (C=O) groups is 3. The molecule has 0 aliphatic carbocycles. The second-order valence-corrected chi connectivity index (χ2v) is 10.7. The predicted molar refractivity (Wildman–Crippen MR) is 148 cm³/mol. The summed E-state index contributed by atoms with van der Waals surface area (Å²) in [5, 5.41) is 2.32. The molecule has 0 saturated carbocycles. The van der Waals surface area contributed by atoms with Crippen LogP contribution in [0.25, 0.3) is 0 Å². The molecule has 6 rings (SSSR count). The van der Waals surface area contributed by atoms with Gasteiger partial charge in [0.05, 0.1) is 23.5 Å². The lowest BCUT2D eigenvalue weighted by molar-refractivity contribution is -0.752. The van der Waals surface area contributed by atoms with Crippen molar-refractivity contribution in [1.82, 2.24) is 9.88 Å². The third-order valence-electron chi connectivity index (χ3n) is 8.01. The lowest BCUT2D eigenvalue weighted by Crippen LogP contribution is -2.53. The Balaban J connectivity index is 1.18. The molecule has 11 nitrogen and oxygen atoms in total. The van der Waals surface area contributed by atoms with Gasteiger partial charge in [-0.3, -0.25) is 19.4 Å². The molecule has 5 heterocycles. The van der Waals surface area contributed by atoms with Crippen LogP contribution >= 0.6 is 0 Å². The molecular weight excluding hydrogens is 567 g/mol. The first-order chi connectivity index (χ1) is 20.5. The zero-order valence-corrected chi connectivity index (χ0v) is 22.8. The van der Waals surface area contributed by atoms with Gasteiger partial charge in [-0.25, -0.2) is 4.98 Å². The van der Waals surface area contributed by atoms with Crippen molar-refractivity contribution in [3.05, 3.63) is 77.5 Å². The van der Waals surface area contributed by atoms with Crippen LogP contribution in [0.3, 0.4) is 0 Å². The van der Waals surface area contributed by atoms with Crippen LogP contribution in [0.2, 0.25) is 0 Å². The molecule has 0 bridgehead atoms. The number of allylic oxidation sites excluding steroid dienone is 1. The summed E-state index contributed by atoms with van der Waals surface area (Å²) in [4.78, 5) is 53.2. The number of esters is 1. The van der Waals surface area contributed by atoms with Gasteiger partial charge < -0.3 is 15.0 Å². The summed E-state index contributed by atoms with van der Waals surface area (Å²) in [7, 11) is 0. The number of aliphatic imine (C=N–C) groups is 2. The number of carbonyl (C=O) groups excluding carboxylic acids is 3. The molecule has 4 aliphatic rings. The molecule has 43 heavy (non-hydrogen) atoms. The van der Waals surface area contributed by atoms with Crippen LogP contribution < -0.4 is 15.9 Å². The SMILES string of the molecule is N[N+]12C=CN=CC1=C([C@@H]1CC[C@H]3CCC(=O)N3C1)N=C2CC(=O)Oc1ccccc1C(=O)Nc1cc(C(F)(F)F)ccn1. The third-order valence-corrected chi connectivity index (χ3v) is 8.01. The molecule has 1 aromatic carbocycles. The quantitative estimate of drug-likeness (QED) is 0.225. The van der Waals surface area contributed by atoms with Crippen molar-refractivity contribution >= 4 is 35.7 Å². The topological polar surface area (TPSA) is 139 Å². The fourth-order valence-corrected chi connectivity index (χ4v) is 5.84. The number of alkyl halides is 3. The highest BCUT2D eigenvalue weighted by molar-refractivity contribution is 6.06. The smallest absolute Gasteiger partial charge is 0.416 e. The van der Waals surface area contributed by atoms with Crippen LogP contribution in [0.4, 0.5) is 19.0 Å². The third kappa shape index (κ3) is 5.46. The van der Waals surface area contributed by atoms with Crippen LogP contribution in [0, 0.1) is 5.92 Å². The van der Waals surface area contributed by atoms with E-state index in [1.54, 1.807) is 18.5 Å². The number of ether oxygens (including phenoxy) is 1. The average molecular weight is 595 g/mol. The first-order valence-corrected chi connectivity index (χ1v) is 13.7. The molecule has 2 aromatic rings. The molecule has 14 heteroatoms. The number of anilines is 1. The monoisotopic (exact) mass is 594 g/mol. The highest BCUT2D eigenvalue weighted by Crippen LogP contribution is 2.40. The number of rotatable bonds is 6. The number of amidine groups is 1. The van der Waals surface area contributed by atoms with Gasteiger partial charge in [-0.1, -0.05) is 12.1 Å². The number of quaternary nitrogens is 1. The van der Waals surface area contributed by atoms with Crippen LogP contribution in [-0.4, -0.2) is 56.9 Å². The van der Waals surface area contributed by atoms with E-state index in [4.69, 9.17) is 15.6 Å². The number of pyridine rings is 1. The van der Waals surface area contributed by atoms with E-state index in [-0.39, 0.29) is 51.8 Å². The summed E-state index contributed by atoms with van der Waals surface area (Å²) in [6.45, 7) is 0.518. The van der Waals surface area contributed by atoms with Crippen LogP contribution in [0.15, 0.2) is 76.4 Å². The lowest BCUT2D eigenvalue weighted by Gasteiger charge is -2.35. The second kappa shape index (κ2) is 10.9. The Labute approximate surface area is 243 Å². The average Bonchev–Trinajstić information content (AvgIpc) is 3.49. The van der Waals surface area contributed by atoms with Gasteiger partial charge in [0.15, 0.2) is 0 Å². The van der Waals surface area contributed by atoms with Gasteiger partial charge in [-0.2, -0.15) is 24.0 Å². The van der Waals surface area contributed by atoms with Crippen molar-refractivity contribution in [2.24, 2.45) is 21.7 Å². The minimum atomic E-state index is -4.61. The van der Waals surface area contributed by atoms with E-state index >= 15 is 0 Å². The van der Waals surface area contributed by atoms with E-state index in [2.05, 4.69) is 15.3 Å². The number of para-hydroxylation sites is 1. The number of hydrogen-bond donors (Lipinski definition) is 2. The normalized spacial score (nSPS) is 24.5. The molecule has 222 valence electrons. The molecule has 1 unspecified atom stereocenters. The van der Waals surface area contributed by atoms with Crippen molar-refractivity contribution < 1.29 is 36.9 Å². The van der Waals surface area contributed by atoms with Crippen LogP contribution in [0.1, 0.15) is 48.0 Å². The van der Waals surface area contributed by atoms with Gasteiger partial charge in [-0.05, 0) is 43.5 Å². The maximum Gasteiger partial charge on any atom is 0.416 e. The summed E-state index contributed by atoms with van der Waals surface area (Å²) in [5.41, 5.74) is 0.216. The number of nitrogens with zero attached hydrogens (tertiary/aromatic N) is 5. The van der Waals surface area contributed by atoms with Gasteiger partial charge in [0.1, 0.15) is 29.9 Å². The Kier molecular flexibility index (Phi) is 7.18. The standard InChI is InChI=1S/C29H26F3N7O4/c30-29(31,32)18-9-10-35-23(13-18)36-28(42)20-3-1-2-4-22(20)43-26(41)14-24-37-27(21-15-34-11-12-39(21,24)33)17-5-6-19-7-8-25(40)38(19)16-17/h1-4,9-13,15,17,19H,5-8,14,16,33H2/p+1/t17-,19+,39?/m1/s1. The van der Waals surface area contributed by atoms with Gasteiger partial charge in [0.25, 0.3) is 5.91 Å². The molecule has 3 atom stereocenters. The summed E-state index contributed by atoms with van der Waals surface area (Å²) >= 11 is 0.